The fourth-order valence-electron chi connectivity index (χ4n) is 2.30. The summed E-state index contributed by atoms with van der Waals surface area (Å²) in [7, 11) is 0. The van der Waals surface area contributed by atoms with E-state index >= 15 is 0 Å². The van der Waals surface area contributed by atoms with Crippen molar-refractivity contribution in [2.75, 3.05) is 0 Å². The first-order valence-electron chi connectivity index (χ1n) is 4.41. The Morgan fingerprint density at radius 2 is 2.10 bits per heavy atom. The van der Waals surface area contributed by atoms with E-state index in [4.69, 9.17) is 0 Å². The van der Waals surface area contributed by atoms with Crippen molar-refractivity contribution in [3.8, 4) is 0 Å². The second-order valence-corrected chi connectivity index (χ2v) is 3.67. The summed E-state index contributed by atoms with van der Waals surface area (Å²) < 4.78 is 0. The predicted octanol–water partition coefficient (Wildman–Crippen LogP) is 2.27. The molecule has 1 aliphatic heterocycles. The van der Waals surface area contributed by atoms with Crippen LogP contribution in [0.25, 0.3) is 0 Å². The van der Waals surface area contributed by atoms with Crippen molar-refractivity contribution in [1.82, 2.24) is 0 Å². The van der Waals surface area contributed by atoms with E-state index in [9.17, 15) is 0 Å². The Bertz CT molecular complexity index is 151. The molecular weight excluding hydrogens is 122 g/mol. The number of nitrogens with zero attached hydrogens (tertiary/aromatic N) is 1. The monoisotopic (exact) mass is 137 g/mol. The van der Waals surface area contributed by atoms with Gasteiger partial charge in [-0.2, -0.15) is 0 Å². The Hall–Kier alpha value is -0.330. The van der Waals surface area contributed by atoms with Crippen molar-refractivity contribution in [2.45, 2.75) is 38.6 Å². The number of fused-ring (bicyclic) bond motifs is 1. The highest BCUT2D eigenvalue weighted by Crippen LogP contribution is 2.35. The third-order valence-corrected chi connectivity index (χ3v) is 2.97. The normalized spacial score (nSPS) is 45.5. The Balaban J connectivity index is 2.07. The lowest BCUT2D eigenvalue weighted by Gasteiger charge is -2.25. The summed E-state index contributed by atoms with van der Waals surface area (Å²) in [6.45, 7) is 2.31. The predicted molar refractivity (Wildman–Crippen MR) is 43.4 cm³/mol. The zero-order valence-corrected chi connectivity index (χ0v) is 6.59. The molecule has 1 heterocycles. The second kappa shape index (κ2) is 2.37. The van der Waals surface area contributed by atoms with Gasteiger partial charge in [0.1, 0.15) is 0 Å². The first-order valence-corrected chi connectivity index (χ1v) is 4.41. The molecule has 1 fully saturated rings. The smallest absolute Gasteiger partial charge is 0.0530 e. The van der Waals surface area contributed by atoms with Crippen molar-refractivity contribution in [1.29, 1.82) is 0 Å². The molecule has 0 aromatic rings. The third kappa shape index (κ3) is 0.882. The largest absolute Gasteiger partial charge is 0.294 e. The molecule has 0 N–H and O–H groups in total. The Kier molecular flexibility index (Phi) is 1.51. The van der Waals surface area contributed by atoms with Crippen LogP contribution in [0.5, 0.6) is 0 Å². The molecule has 3 unspecified atom stereocenters. The fourth-order valence-corrected chi connectivity index (χ4v) is 2.30. The molecule has 0 saturated heterocycles. The van der Waals surface area contributed by atoms with Crippen LogP contribution in [0.4, 0.5) is 0 Å². The van der Waals surface area contributed by atoms with Crippen LogP contribution >= 0.6 is 0 Å². The maximum Gasteiger partial charge on any atom is 0.0530 e. The van der Waals surface area contributed by atoms with E-state index in [1.807, 2.05) is 0 Å². The Morgan fingerprint density at radius 1 is 1.30 bits per heavy atom. The van der Waals surface area contributed by atoms with Crippen molar-refractivity contribution >= 4 is 6.21 Å². The minimum atomic E-state index is 0.712. The molecular formula is C9H15N. The zero-order valence-electron chi connectivity index (χ0n) is 6.59. The maximum absolute atomic E-state index is 4.51. The molecule has 0 aromatic heterocycles. The lowest BCUT2D eigenvalue weighted by Crippen LogP contribution is -2.23. The van der Waals surface area contributed by atoms with E-state index in [0.29, 0.717) is 6.04 Å². The summed E-state index contributed by atoms with van der Waals surface area (Å²) in [6, 6.07) is 0.712. The molecule has 0 spiro atoms. The van der Waals surface area contributed by atoms with Crippen molar-refractivity contribution in [2.24, 2.45) is 16.8 Å². The molecule has 0 aromatic carbocycles. The van der Waals surface area contributed by atoms with E-state index in [0.717, 1.165) is 11.8 Å². The lowest BCUT2D eigenvalue weighted by atomic mass is 9.80. The van der Waals surface area contributed by atoms with Gasteiger partial charge in [0.05, 0.1) is 6.04 Å². The van der Waals surface area contributed by atoms with Gasteiger partial charge >= 0.3 is 0 Å². The SMILES string of the molecule is CC1C=NC2CCCCC12. The summed E-state index contributed by atoms with van der Waals surface area (Å²) in [6.07, 6.45) is 7.79. The molecule has 1 saturated carbocycles. The highest BCUT2D eigenvalue weighted by molar-refractivity contribution is 5.63. The van der Waals surface area contributed by atoms with Crippen LogP contribution < -0.4 is 0 Å². The van der Waals surface area contributed by atoms with Gasteiger partial charge < -0.3 is 0 Å². The minimum absolute atomic E-state index is 0.712. The number of rotatable bonds is 0. The van der Waals surface area contributed by atoms with Gasteiger partial charge in [0.15, 0.2) is 0 Å². The summed E-state index contributed by atoms with van der Waals surface area (Å²) in [5.41, 5.74) is 0. The van der Waals surface area contributed by atoms with Gasteiger partial charge in [-0.1, -0.05) is 19.8 Å². The first-order chi connectivity index (χ1) is 4.88. The number of hydrogen-bond donors (Lipinski definition) is 0. The zero-order chi connectivity index (χ0) is 6.97. The molecule has 2 aliphatic rings. The van der Waals surface area contributed by atoms with Crippen LogP contribution in [-0.4, -0.2) is 12.3 Å². The van der Waals surface area contributed by atoms with E-state index in [-0.39, 0.29) is 0 Å². The van der Waals surface area contributed by atoms with E-state index in [1.165, 1.54) is 25.7 Å². The second-order valence-electron chi connectivity index (χ2n) is 3.67. The van der Waals surface area contributed by atoms with Gasteiger partial charge in [-0.3, -0.25) is 4.99 Å². The Labute approximate surface area is 62.5 Å². The van der Waals surface area contributed by atoms with Crippen LogP contribution in [0.3, 0.4) is 0 Å². The molecule has 3 atom stereocenters. The summed E-state index contributed by atoms with van der Waals surface area (Å²) in [5.74, 6) is 1.68. The van der Waals surface area contributed by atoms with Crippen molar-refractivity contribution < 1.29 is 0 Å². The first kappa shape index (κ1) is 6.38. The topological polar surface area (TPSA) is 12.4 Å². The van der Waals surface area contributed by atoms with Crippen LogP contribution in [0.2, 0.25) is 0 Å². The highest BCUT2D eigenvalue weighted by atomic mass is 14.8. The summed E-state index contributed by atoms with van der Waals surface area (Å²) >= 11 is 0. The fraction of sp³-hybridized carbons (Fsp3) is 0.889. The number of aliphatic imine (C=N–C) groups is 1. The number of hydrogen-bond acceptors (Lipinski definition) is 1. The van der Waals surface area contributed by atoms with Crippen molar-refractivity contribution in [3.05, 3.63) is 0 Å². The molecule has 0 amide bonds. The summed E-state index contributed by atoms with van der Waals surface area (Å²) in [5, 5.41) is 0. The van der Waals surface area contributed by atoms with Gasteiger partial charge in [-0.25, -0.2) is 0 Å². The molecule has 56 valence electrons. The standard InChI is InChI=1S/C9H15N/c1-7-6-10-9-5-3-2-4-8(7)9/h6-9H,2-5H2,1H3. The Morgan fingerprint density at radius 3 is 2.90 bits per heavy atom. The van der Waals surface area contributed by atoms with E-state index in [2.05, 4.69) is 18.1 Å². The molecule has 0 bridgehead atoms. The minimum Gasteiger partial charge on any atom is -0.294 e. The average Bonchev–Trinajstić information content (AvgIpc) is 2.34. The summed E-state index contributed by atoms with van der Waals surface area (Å²) in [4.78, 5) is 4.51. The lowest BCUT2D eigenvalue weighted by molar-refractivity contribution is 0.294. The van der Waals surface area contributed by atoms with Gasteiger partial charge in [0, 0.05) is 6.21 Å². The van der Waals surface area contributed by atoms with Gasteiger partial charge in [-0.05, 0) is 24.7 Å². The van der Waals surface area contributed by atoms with E-state index < -0.39 is 0 Å². The molecule has 2 rings (SSSR count). The third-order valence-electron chi connectivity index (χ3n) is 2.97. The van der Waals surface area contributed by atoms with E-state index in [1.54, 1.807) is 0 Å². The van der Waals surface area contributed by atoms with Crippen LogP contribution in [-0.2, 0) is 0 Å². The van der Waals surface area contributed by atoms with Gasteiger partial charge in [0.25, 0.3) is 0 Å². The van der Waals surface area contributed by atoms with Crippen LogP contribution in [0.1, 0.15) is 32.6 Å². The van der Waals surface area contributed by atoms with Gasteiger partial charge in [-0.15, -0.1) is 0 Å². The molecule has 0 radical (unpaired) electrons. The average molecular weight is 137 g/mol. The van der Waals surface area contributed by atoms with Gasteiger partial charge in [0.2, 0.25) is 0 Å². The molecule has 1 heteroatoms. The highest BCUT2D eigenvalue weighted by Gasteiger charge is 2.31. The van der Waals surface area contributed by atoms with Crippen LogP contribution in [0.15, 0.2) is 4.99 Å². The maximum atomic E-state index is 4.51. The van der Waals surface area contributed by atoms with Crippen molar-refractivity contribution in [3.63, 3.8) is 0 Å². The molecule has 10 heavy (non-hydrogen) atoms. The van der Waals surface area contributed by atoms with Crippen LogP contribution in [0, 0.1) is 11.8 Å². The molecule has 1 nitrogen and oxygen atoms in total. The quantitative estimate of drug-likeness (QED) is 0.485. The molecule has 1 aliphatic carbocycles.